The molecule has 8 nitrogen and oxygen atoms in total. The molecule has 4 amide bonds. The van der Waals surface area contributed by atoms with Gasteiger partial charge in [-0.2, -0.15) is 0 Å². The summed E-state index contributed by atoms with van der Waals surface area (Å²) in [6.07, 6.45) is 12.1. The standard InChI is InChI=1S/C31H34N4O4/c1-5-11-24(7-3)34(25-12-9-8-10-13-25)31(39)33-21-26-18-19-27(28(33)29(36)37)35(26)30(38)32(4)20-23-16-14-22(6-2)15-17-23/h2,5,7-17,26-28H,18-21H2,1,3-4H3,(H,36,37)/b11-5-,24-7+/t26-,27+,28-/m0/s1. The number of likely N-dealkylation sites (tertiary alicyclic amines) is 1. The number of amides is 4. The summed E-state index contributed by atoms with van der Waals surface area (Å²) in [7, 11) is 1.71. The van der Waals surface area contributed by atoms with Gasteiger partial charge in [-0.1, -0.05) is 48.4 Å². The lowest BCUT2D eigenvalue weighted by molar-refractivity contribution is -0.145. The Morgan fingerprint density at radius 3 is 2.33 bits per heavy atom. The van der Waals surface area contributed by atoms with Gasteiger partial charge in [0.05, 0.1) is 17.8 Å². The van der Waals surface area contributed by atoms with Crippen LogP contribution in [-0.4, -0.2) is 69.6 Å². The summed E-state index contributed by atoms with van der Waals surface area (Å²) in [4.78, 5) is 46.6. The van der Waals surface area contributed by atoms with Gasteiger partial charge in [0.1, 0.15) is 0 Å². The molecule has 2 aliphatic rings. The minimum Gasteiger partial charge on any atom is -0.480 e. The van der Waals surface area contributed by atoms with Gasteiger partial charge in [-0.25, -0.2) is 14.4 Å². The van der Waals surface area contributed by atoms with Crippen molar-refractivity contribution in [1.29, 1.82) is 0 Å². The van der Waals surface area contributed by atoms with Gasteiger partial charge < -0.3 is 19.8 Å². The monoisotopic (exact) mass is 526 g/mol. The first-order chi connectivity index (χ1) is 18.8. The van der Waals surface area contributed by atoms with Gasteiger partial charge in [0, 0.05) is 31.4 Å². The van der Waals surface area contributed by atoms with Crippen molar-refractivity contribution in [3.63, 3.8) is 0 Å². The van der Waals surface area contributed by atoms with Crippen molar-refractivity contribution in [2.75, 3.05) is 18.5 Å². The smallest absolute Gasteiger partial charge is 0.329 e. The van der Waals surface area contributed by atoms with Gasteiger partial charge in [-0.05, 0) is 62.6 Å². The molecule has 0 aromatic heterocycles. The molecular weight excluding hydrogens is 492 g/mol. The largest absolute Gasteiger partial charge is 0.480 e. The number of carboxylic acids is 1. The zero-order valence-electron chi connectivity index (χ0n) is 22.5. The minimum atomic E-state index is -1.17. The number of para-hydroxylation sites is 1. The van der Waals surface area contributed by atoms with E-state index in [1.165, 1.54) is 4.90 Å². The van der Waals surface area contributed by atoms with Gasteiger partial charge in [0.2, 0.25) is 0 Å². The van der Waals surface area contributed by atoms with Gasteiger partial charge in [-0.3, -0.25) is 4.90 Å². The molecule has 2 heterocycles. The van der Waals surface area contributed by atoms with Crippen LogP contribution in [0.1, 0.15) is 37.8 Å². The highest BCUT2D eigenvalue weighted by Crippen LogP contribution is 2.37. The first-order valence-electron chi connectivity index (χ1n) is 13.1. The molecule has 39 heavy (non-hydrogen) atoms. The lowest BCUT2D eigenvalue weighted by atomic mass is 10.0. The zero-order chi connectivity index (χ0) is 28.1. The third-order valence-corrected chi connectivity index (χ3v) is 7.34. The van der Waals surface area contributed by atoms with Crippen molar-refractivity contribution in [1.82, 2.24) is 14.7 Å². The molecule has 2 fully saturated rings. The summed E-state index contributed by atoms with van der Waals surface area (Å²) in [6.45, 7) is 4.19. The highest BCUT2D eigenvalue weighted by Gasteiger charge is 2.54. The molecule has 2 aromatic carbocycles. The highest BCUT2D eigenvalue weighted by molar-refractivity contribution is 5.98. The first kappa shape index (κ1) is 27.5. The Kier molecular flexibility index (Phi) is 8.40. The van der Waals surface area contributed by atoms with Crippen LogP contribution in [0.3, 0.4) is 0 Å². The van der Waals surface area contributed by atoms with E-state index in [1.54, 1.807) is 21.7 Å². The lowest BCUT2D eigenvalue weighted by Crippen LogP contribution is -2.67. The summed E-state index contributed by atoms with van der Waals surface area (Å²) in [5.41, 5.74) is 2.96. The van der Waals surface area contributed by atoms with E-state index in [0.717, 1.165) is 11.1 Å². The Hall–Kier alpha value is -4.51. The fourth-order valence-electron chi connectivity index (χ4n) is 5.53. The van der Waals surface area contributed by atoms with E-state index in [2.05, 4.69) is 5.92 Å². The van der Waals surface area contributed by atoms with E-state index in [4.69, 9.17) is 6.42 Å². The molecule has 2 saturated heterocycles. The van der Waals surface area contributed by atoms with E-state index < -0.39 is 24.1 Å². The second-order valence-electron chi connectivity index (χ2n) is 9.79. The maximum atomic E-state index is 14.1. The van der Waals surface area contributed by atoms with Crippen LogP contribution < -0.4 is 4.90 Å². The molecule has 0 saturated carbocycles. The predicted octanol–water partition coefficient (Wildman–Crippen LogP) is 4.93. The summed E-state index contributed by atoms with van der Waals surface area (Å²) in [5, 5.41) is 10.3. The Bertz CT molecular complexity index is 1310. The van der Waals surface area contributed by atoms with Gasteiger partial charge in [0.15, 0.2) is 6.04 Å². The molecule has 3 atom stereocenters. The molecule has 2 aromatic rings. The van der Waals surface area contributed by atoms with Crippen LogP contribution >= 0.6 is 0 Å². The quantitative estimate of drug-likeness (QED) is 0.427. The number of carboxylic acid groups (broad SMARTS) is 1. The Morgan fingerprint density at radius 2 is 1.74 bits per heavy atom. The third-order valence-electron chi connectivity index (χ3n) is 7.34. The fraction of sp³-hybridized carbons (Fsp3) is 0.323. The second kappa shape index (κ2) is 11.9. The number of urea groups is 2. The number of hydrogen-bond donors (Lipinski definition) is 1. The SMILES string of the molecule is C#Cc1ccc(CN(C)C(=O)N2[C@H]3CC[C@@H]2[C@@H](C(=O)O)N(C(=O)N(C(/C=C\C)=C/C)c2ccccc2)C3)cc1. The van der Waals surface area contributed by atoms with Crippen molar-refractivity contribution < 1.29 is 19.5 Å². The zero-order valence-corrected chi connectivity index (χ0v) is 22.5. The van der Waals surface area contributed by atoms with Gasteiger partial charge >= 0.3 is 18.0 Å². The fourth-order valence-corrected chi connectivity index (χ4v) is 5.53. The number of aliphatic carboxylic acids is 1. The molecule has 0 aliphatic carbocycles. The Balaban J connectivity index is 1.61. The number of terminal acetylenes is 1. The molecular formula is C31H34N4O4. The summed E-state index contributed by atoms with van der Waals surface area (Å²) in [5.74, 6) is 1.45. The van der Waals surface area contributed by atoms with Crippen LogP contribution in [0.15, 0.2) is 78.5 Å². The van der Waals surface area contributed by atoms with E-state index in [1.807, 2.05) is 86.7 Å². The normalized spacial score (nSPS) is 20.6. The summed E-state index contributed by atoms with van der Waals surface area (Å²) < 4.78 is 0. The van der Waals surface area contributed by atoms with E-state index >= 15 is 0 Å². The average Bonchev–Trinajstić information content (AvgIpc) is 3.24. The number of fused-ring (bicyclic) bond motifs is 2. The van der Waals surface area contributed by atoms with E-state index in [-0.39, 0.29) is 18.6 Å². The topological polar surface area (TPSA) is 84.4 Å². The van der Waals surface area contributed by atoms with Gasteiger partial charge in [-0.15, -0.1) is 6.42 Å². The summed E-state index contributed by atoms with van der Waals surface area (Å²) >= 11 is 0. The van der Waals surface area contributed by atoms with Crippen LogP contribution in [0, 0.1) is 12.3 Å². The maximum absolute atomic E-state index is 14.1. The van der Waals surface area contributed by atoms with Crippen molar-refractivity contribution >= 4 is 23.7 Å². The molecule has 4 rings (SSSR count). The van der Waals surface area contributed by atoms with Crippen molar-refractivity contribution in [3.05, 3.63) is 89.6 Å². The first-order valence-corrected chi connectivity index (χ1v) is 13.1. The van der Waals surface area contributed by atoms with Crippen molar-refractivity contribution in [2.24, 2.45) is 0 Å². The highest BCUT2D eigenvalue weighted by atomic mass is 16.4. The number of carbonyl (C=O) groups is 3. The molecule has 2 bridgehead atoms. The summed E-state index contributed by atoms with van der Waals surface area (Å²) in [6, 6.07) is 13.8. The Morgan fingerprint density at radius 1 is 1.05 bits per heavy atom. The number of rotatable bonds is 6. The molecule has 0 radical (unpaired) electrons. The third kappa shape index (κ3) is 5.53. The average molecular weight is 527 g/mol. The number of piperazine rings is 1. The van der Waals surface area contributed by atoms with Crippen LogP contribution in [0.4, 0.5) is 15.3 Å². The lowest BCUT2D eigenvalue weighted by Gasteiger charge is -2.47. The van der Waals surface area contributed by atoms with E-state index in [0.29, 0.717) is 30.8 Å². The molecule has 8 heteroatoms. The Labute approximate surface area is 229 Å². The van der Waals surface area contributed by atoms with Crippen LogP contribution in [-0.2, 0) is 11.3 Å². The van der Waals surface area contributed by atoms with Gasteiger partial charge in [0.25, 0.3) is 0 Å². The van der Waals surface area contributed by atoms with Crippen LogP contribution in [0.5, 0.6) is 0 Å². The number of allylic oxidation sites excluding steroid dienone is 3. The molecule has 202 valence electrons. The number of nitrogens with zero attached hydrogens (tertiary/aromatic N) is 4. The molecule has 0 unspecified atom stereocenters. The molecule has 0 spiro atoms. The minimum absolute atomic E-state index is 0.138. The van der Waals surface area contributed by atoms with Crippen molar-refractivity contribution in [2.45, 2.75) is 51.4 Å². The van der Waals surface area contributed by atoms with Crippen LogP contribution in [0.2, 0.25) is 0 Å². The molecule has 2 aliphatic heterocycles. The van der Waals surface area contributed by atoms with E-state index in [9.17, 15) is 19.5 Å². The maximum Gasteiger partial charge on any atom is 0.329 e. The molecule has 1 N–H and O–H groups in total. The number of hydrogen-bond acceptors (Lipinski definition) is 3. The predicted molar refractivity (Wildman–Crippen MR) is 151 cm³/mol. The number of benzene rings is 2. The van der Waals surface area contributed by atoms with Crippen LogP contribution in [0.25, 0.3) is 0 Å². The number of anilines is 1. The van der Waals surface area contributed by atoms with Crippen molar-refractivity contribution in [3.8, 4) is 12.3 Å². The number of carbonyl (C=O) groups excluding carboxylic acids is 2. The second-order valence-corrected chi connectivity index (χ2v) is 9.79.